The molecule has 2 N–H and O–H groups in total. The number of aromatic nitrogens is 1. The quantitative estimate of drug-likeness (QED) is 0.354. The van der Waals surface area contributed by atoms with Gasteiger partial charge in [0, 0.05) is 31.5 Å². The van der Waals surface area contributed by atoms with Gasteiger partial charge in [-0.1, -0.05) is 18.2 Å². The fourth-order valence-corrected chi connectivity index (χ4v) is 2.09. The summed E-state index contributed by atoms with van der Waals surface area (Å²) in [7, 11) is 0. The van der Waals surface area contributed by atoms with E-state index in [1.807, 2.05) is 12.3 Å². The van der Waals surface area contributed by atoms with Crippen LogP contribution in [0.1, 0.15) is 25.3 Å². The van der Waals surface area contributed by atoms with Gasteiger partial charge < -0.3 is 10.6 Å². The van der Waals surface area contributed by atoms with Crippen LogP contribution in [0.2, 0.25) is 0 Å². The fourth-order valence-electron chi connectivity index (χ4n) is 2.09. The van der Waals surface area contributed by atoms with Gasteiger partial charge in [0.1, 0.15) is 0 Å². The van der Waals surface area contributed by atoms with Gasteiger partial charge in [-0.3, -0.25) is 9.98 Å². The number of hydrogen-bond acceptors (Lipinski definition) is 2. The van der Waals surface area contributed by atoms with Crippen molar-refractivity contribution < 1.29 is 0 Å². The largest absolute Gasteiger partial charge is 0.357 e. The van der Waals surface area contributed by atoms with Crippen molar-refractivity contribution in [1.82, 2.24) is 15.6 Å². The highest BCUT2D eigenvalue weighted by molar-refractivity contribution is 14.0. The molecule has 0 fully saturated rings. The number of nitrogens with zero attached hydrogens (tertiary/aromatic N) is 2. The normalized spacial score (nSPS) is 14.9. The lowest BCUT2D eigenvalue weighted by molar-refractivity contribution is 0.633. The number of nitrogens with one attached hydrogen (secondary N) is 2. The van der Waals surface area contributed by atoms with Gasteiger partial charge in [-0.05, 0) is 37.8 Å². The molecule has 5 heteroatoms. The van der Waals surface area contributed by atoms with Crippen molar-refractivity contribution >= 4 is 29.9 Å². The van der Waals surface area contributed by atoms with Gasteiger partial charge in [0.2, 0.25) is 0 Å². The van der Waals surface area contributed by atoms with Gasteiger partial charge in [-0.2, -0.15) is 0 Å². The maximum atomic E-state index is 4.61. The van der Waals surface area contributed by atoms with E-state index < -0.39 is 0 Å². The first-order valence-corrected chi connectivity index (χ1v) is 6.97. The molecule has 0 saturated carbocycles. The van der Waals surface area contributed by atoms with Crippen molar-refractivity contribution in [2.24, 2.45) is 4.99 Å². The minimum atomic E-state index is 0. The predicted octanol–water partition coefficient (Wildman–Crippen LogP) is 2.52. The second-order valence-electron chi connectivity index (χ2n) is 4.66. The fraction of sp³-hybridized carbons (Fsp3) is 0.467. The Morgan fingerprint density at radius 2 is 2.20 bits per heavy atom. The first kappa shape index (κ1) is 16.9. The molecule has 1 aromatic rings. The second-order valence-corrected chi connectivity index (χ2v) is 4.66. The first-order chi connectivity index (χ1) is 9.38. The van der Waals surface area contributed by atoms with E-state index in [1.165, 1.54) is 5.56 Å². The molecule has 0 radical (unpaired) electrons. The van der Waals surface area contributed by atoms with Crippen LogP contribution in [0.3, 0.4) is 0 Å². The van der Waals surface area contributed by atoms with E-state index in [0.717, 1.165) is 38.3 Å². The molecule has 20 heavy (non-hydrogen) atoms. The Labute approximate surface area is 138 Å². The Morgan fingerprint density at radius 1 is 1.40 bits per heavy atom. The summed E-state index contributed by atoms with van der Waals surface area (Å²) in [5, 5.41) is 6.76. The van der Waals surface area contributed by atoms with Gasteiger partial charge in [-0.25, -0.2) is 0 Å². The summed E-state index contributed by atoms with van der Waals surface area (Å²) in [6, 6.07) is 4.55. The smallest absolute Gasteiger partial charge is 0.191 e. The summed E-state index contributed by atoms with van der Waals surface area (Å²) in [6.45, 7) is 3.76. The minimum absolute atomic E-state index is 0. The third kappa shape index (κ3) is 5.90. The van der Waals surface area contributed by atoms with Crippen LogP contribution in [0.15, 0.2) is 41.7 Å². The van der Waals surface area contributed by atoms with Crippen LogP contribution in [-0.4, -0.2) is 30.1 Å². The average Bonchev–Trinajstić information content (AvgIpc) is 2.93. The highest BCUT2D eigenvalue weighted by atomic mass is 127. The number of pyridine rings is 1. The van der Waals surface area contributed by atoms with Gasteiger partial charge in [0.25, 0.3) is 0 Å². The second kappa shape index (κ2) is 9.74. The molecular weight excluding hydrogens is 363 g/mol. The Bertz CT molecular complexity index is 423. The molecule has 0 unspecified atom stereocenters. The third-order valence-corrected chi connectivity index (χ3v) is 3.09. The van der Waals surface area contributed by atoms with E-state index in [2.05, 4.69) is 45.8 Å². The van der Waals surface area contributed by atoms with Crippen LogP contribution in [0.25, 0.3) is 0 Å². The number of aliphatic imine (C=N–C) groups is 1. The van der Waals surface area contributed by atoms with Gasteiger partial charge in [0.15, 0.2) is 5.96 Å². The third-order valence-electron chi connectivity index (χ3n) is 3.09. The first-order valence-electron chi connectivity index (χ1n) is 6.97. The predicted molar refractivity (Wildman–Crippen MR) is 94.6 cm³/mol. The van der Waals surface area contributed by atoms with E-state index >= 15 is 0 Å². The molecule has 0 aromatic carbocycles. The summed E-state index contributed by atoms with van der Waals surface area (Å²) < 4.78 is 0. The molecule has 110 valence electrons. The molecule has 1 aromatic heterocycles. The van der Waals surface area contributed by atoms with Gasteiger partial charge >= 0.3 is 0 Å². The van der Waals surface area contributed by atoms with E-state index in [4.69, 9.17) is 0 Å². The van der Waals surface area contributed by atoms with Crippen molar-refractivity contribution in [1.29, 1.82) is 0 Å². The molecule has 1 aliphatic carbocycles. The van der Waals surface area contributed by atoms with E-state index in [1.54, 1.807) is 6.20 Å². The lowest BCUT2D eigenvalue weighted by atomic mass is 10.2. The van der Waals surface area contributed by atoms with Crippen LogP contribution in [0.4, 0.5) is 0 Å². The molecule has 0 amide bonds. The zero-order valence-corrected chi connectivity index (χ0v) is 14.2. The Balaban J connectivity index is 0.00000200. The van der Waals surface area contributed by atoms with Gasteiger partial charge in [0.05, 0.1) is 0 Å². The molecule has 0 spiro atoms. The summed E-state index contributed by atoms with van der Waals surface area (Å²) in [6.07, 6.45) is 11.2. The van der Waals surface area contributed by atoms with Gasteiger partial charge in [-0.15, -0.1) is 24.0 Å². The van der Waals surface area contributed by atoms with Crippen LogP contribution in [0, 0.1) is 0 Å². The summed E-state index contributed by atoms with van der Waals surface area (Å²) in [5.74, 6) is 0.917. The van der Waals surface area contributed by atoms with Crippen molar-refractivity contribution in [3.8, 4) is 0 Å². The van der Waals surface area contributed by atoms with Crippen molar-refractivity contribution in [2.45, 2.75) is 32.2 Å². The molecule has 1 heterocycles. The molecule has 4 nitrogen and oxygen atoms in total. The highest BCUT2D eigenvalue weighted by Crippen LogP contribution is 2.08. The Kier molecular flexibility index (Phi) is 8.25. The van der Waals surface area contributed by atoms with Crippen LogP contribution in [0.5, 0.6) is 0 Å². The topological polar surface area (TPSA) is 49.3 Å². The monoisotopic (exact) mass is 386 g/mol. The maximum absolute atomic E-state index is 4.61. The summed E-state index contributed by atoms with van der Waals surface area (Å²) in [4.78, 5) is 8.73. The molecule has 0 bridgehead atoms. The molecule has 1 aliphatic rings. The highest BCUT2D eigenvalue weighted by Gasteiger charge is 2.11. The maximum Gasteiger partial charge on any atom is 0.191 e. The summed E-state index contributed by atoms with van der Waals surface area (Å²) in [5.41, 5.74) is 1.23. The van der Waals surface area contributed by atoms with Crippen LogP contribution in [-0.2, 0) is 6.42 Å². The van der Waals surface area contributed by atoms with Crippen LogP contribution >= 0.6 is 24.0 Å². The Morgan fingerprint density at radius 3 is 2.85 bits per heavy atom. The van der Waals surface area contributed by atoms with E-state index in [-0.39, 0.29) is 24.0 Å². The lowest BCUT2D eigenvalue weighted by Crippen LogP contribution is -2.42. The minimum Gasteiger partial charge on any atom is -0.357 e. The zero-order valence-electron chi connectivity index (χ0n) is 11.9. The van der Waals surface area contributed by atoms with E-state index in [9.17, 15) is 0 Å². The number of guanidine groups is 1. The SMILES string of the molecule is CCNC(=NCCc1cccnc1)NC1CC=CC1.I. The van der Waals surface area contributed by atoms with Crippen molar-refractivity contribution in [3.63, 3.8) is 0 Å². The summed E-state index contributed by atoms with van der Waals surface area (Å²) >= 11 is 0. The average molecular weight is 386 g/mol. The lowest BCUT2D eigenvalue weighted by Gasteiger charge is -2.16. The van der Waals surface area contributed by atoms with Crippen LogP contribution < -0.4 is 10.6 Å². The molecule has 2 rings (SSSR count). The molecular formula is C15H23IN4. The number of rotatable bonds is 5. The molecule has 0 aliphatic heterocycles. The standard InChI is InChI=1S/C15H22N4.HI/c1-2-17-15(19-14-7-3-4-8-14)18-11-9-13-6-5-10-16-12-13;/h3-6,10,12,14H,2,7-9,11H2,1H3,(H2,17,18,19);1H. The number of hydrogen-bond donors (Lipinski definition) is 2. The van der Waals surface area contributed by atoms with E-state index in [0.29, 0.717) is 6.04 Å². The molecule has 0 saturated heterocycles. The van der Waals surface area contributed by atoms with Crippen molar-refractivity contribution in [3.05, 3.63) is 42.2 Å². The van der Waals surface area contributed by atoms with Crippen molar-refractivity contribution in [2.75, 3.05) is 13.1 Å². The zero-order chi connectivity index (χ0) is 13.3. The number of halogens is 1. The molecule has 0 atom stereocenters. The Hall–Kier alpha value is -1.11.